The van der Waals surface area contributed by atoms with Crippen molar-refractivity contribution in [2.75, 3.05) is 27.4 Å². The molecule has 1 aromatic rings. The van der Waals surface area contributed by atoms with Gasteiger partial charge in [-0.3, -0.25) is 4.90 Å². The number of allylic oxidation sites excluding steroid dienone is 1. The van der Waals surface area contributed by atoms with Crippen LogP contribution >= 0.6 is 23.2 Å². The van der Waals surface area contributed by atoms with E-state index < -0.39 is 12.0 Å². The summed E-state index contributed by atoms with van der Waals surface area (Å²) in [6, 6.07) is 3.96. The van der Waals surface area contributed by atoms with Crippen molar-refractivity contribution in [3.63, 3.8) is 0 Å². The zero-order valence-corrected chi connectivity index (χ0v) is 15.1. The second kappa shape index (κ2) is 7.88. The molecule has 1 aromatic carbocycles. The Balaban J connectivity index is 2.55. The molecule has 24 heavy (non-hydrogen) atoms. The number of nitrogens with one attached hydrogen (secondary N) is 1. The van der Waals surface area contributed by atoms with Crippen molar-refractivity contribution in [3.05, 3.63) is 45.1 Å². The Morgan fingerprint density at radius 1 is 1.33 bits per heavy atom. The first kappa shape index (κ1) is 18.6. The topological polar surface area (TPSA) is 67.9 Å². The summed E-state index contributed by atoms with van der Waals surface area (Å²) in [4.78, 5) is 26.2. The van der Waals surface area contributed by atoms with E-state index in [9.17, 15) is 9.59 Å². The highest BCUT2D eigenvalue weighted by Gasteiger charge is 2.37. The van der Waals surface area contributed by atoms with E-state index in [2.05, 4.69) is 5.32 Å². The summed E-state index contributed by atoms with van der Waals surface area (Å²) in [7, 11) is 2.83. The van der Waals surface area contributed by atoms with Gasteiger partial charge in [0, 0.05) is 12.8 Å². The second-order valence-corrected chi connectivity index (χ2v) is 5.95. The van der Waals surface area contributed by atoms with Gasteiger partial charge in [-0.2, -0.15) is 0 Å². The Bertz CT molecular complexity index is 691. The third-order valence-electron chi connectivity index (χ3n) is 3.81. The molecular formula is C16H18Cl2N2O4. The van der Waals surface area contributed by atoms with Gasteiger partial charge in [0.1, 0.15) is 0 Å². The lowest BCUT2D eigenvalue weighted by atomic mass is 9.95. The molecule has 8 heteroatoms. The van der Waals surface area contributed by atoms with Gasteiger partial charge in [0.05, 0.1) is 41.9 Å². The van der Waals surface area contributed by atoms with Crippen LogP contribution in [0.1, 0.15) is 18.5 Å². The van der Waals surface area contributed by atoms with E-state index >= 15 is 0 Å². The molecule has 1 atom stereocenters. The smallest absolute Gasteiger partial charge is 0.337 e. The number of halogens is 2. The minimum atomic E-state index is -0.741. The van der Waals surface area contributed by atoms with Crippen LogP contribution in [0.2, 0.25) is 10.0 Å². The first-order valence-electron chi connectivity index (χ1n) is 7.22. The van der Waals surface area contributed by atoms with Crippen molar-refractivity contribution in [1.82, 2.24) is 10.2 Å². The van der Waals surface area contributed by atoms with Crippen LogP contribution in [-0.4, -0.2) is 44.3 Å². The molecule has 0 spiro atoms. The van der Waals surface area contributed by atoms with Crippen LogP contribution in [0.3, 0.4) is 0 Å². The summed E-state index contributed by atoms with van der Waals surface area (Å²) in [6.45, 7) is 2.33. The van der Waals surface area contributed by atoms with Crippen LogP contribution in [0.4, 0.5) is 4.79 Å². The zero-order chi connectivity index (χ0) is 17.9. The largest absolute Gasteiger partial charge is 0.466 e. The quantitative estimate of drug-likeness (QED) is 0.806. The second-order valence-electron chi connectivity index (χ2n) is 5.16. The van der Waals surface area contributed by atoms with E-state index in [-0.39, 0.29) is 11.1 Å². The number of rotatable bonds is 5. The van der Waals surface area contributed by atoms with Crippen molar-refractivity contribution in [3.8, 4) is 0 Å². The summed E-state index contributed by atoms with van der Waals surface area (Å²) in [5.74, 6) is -0.545. The van der Waals surface area contributed by atoms with Gasteiger partial charge in [-0.15, -0.1) is 0 Å². The molecule has 6 nitrogen and oxygen atoms in total. The zero-order valence-electron chi connectivity index (χ0n) is 13.6. The van der Waals surface area contributed by atoms with Crippen LogP contribution < -0.4 is 5.32 Å². The number of hydrogen-bond acceptors (Lipinski definition) is 4. The van der Waals surface area contributed by atoms with Gasteiger partial charge >= 0.3 is 12.0 Å². The van der Waals surface area contributed by atoms with Crippen LogP contribution in [0, 0.1) is 0 Å². The van der Waals surface area contributed by atoms with Crippen LogP contribution in [-0.2, 0) is 14.3 Å². The molecule has 1 unspecified atom stereocenters. The molecule has 1 heterocycles. The number of carbonyl (C=O) groups excluding carboxylic acids is 2. The molecule has 0 saturated heterocycles. The average molecular weight is 373 g/mol. The van der Waals surface area contributed by atoms with Crippen LogP contribution in [0.25, 0.3) is 0 Å². The van der Waals surface area contributed by atoms with Crippen molar-refractivity contribution >= 4 is 35.2 Å². The number of ether oxygens (including phenoxy) is 2. The number of esters is 1. The first-order chi connectivity index (χ1) is 11.4. The Labute approximate surface area is 150 Å². The molecule has 1 N–H and O–H groups in total. The van der Waals surface area contributed by atoms with Gasteiger partial charge in [-0.25, -0.2) is 9.59 Å². The summed E-state index contributed by atoms with van der Waals surface area (Å²) in [5, 5.41) is 3.41. The van der Waals surface area contributed by atoms with E-state index in [4.69, 9.17) is 32.7 Å². The van der Waals surface area contributed by atoms with Crippen molar-refractivity contribution in [2.45, 2.75) is 13.0 Å². The SMILES string of the molecule is COCCN1C(=O)NC(c2cccc(Cl)c2Cl)C(C(=O)OC)=C1C. The summed E-state index contributed by atoms with van der Waals surface area (Å²) in [6.07, 6.45) is 0. The molecule has 2 rings (SSSR count). The first-order valence-corrected chi connectivity index (χ1v) is 7.97. The molecule has 130 valence electrons. The number of nitrogens with zero attached hydrogens (tertiary/aromatic N) is 1. The number of urea groups is 1. The van der Waals surface area contributed by atoms with E-state index in [1.807, 2.05) is 0 Å². The predicted octanol–water partition coefficient (Wildman–Crippen LogP) is 3.15. The normalized spacial score (nSPS) is 17.8. The molecule has 0 radical (unpaired) electrons. The van der Waals surface area contributed by atoms with Gasteiger partial charge in [0.2, 0.25) is 0 Å². The molecule has 2 amide bonds. The molecule has 0 aromatic heterocycles. The fourth-order valence-electron chi connectivity index (χ4n) is 2.58. The maximum absolute atomic E-state index is 12.4. The van der Waals surface area contributed by atoms with E-state index in [0.29, 0.717) is 35.0 Å². The molecule has 0 bridgehead atoms. The van der Waals surface area contributed by atoms with E-state index in [1.54, 1.807) is 25.1 Å². The molecule has 1 aliphatic heterocycles. The van der Waals surface area contributed by atoms with Crippen molar-refractivity contribution in [1.29, 1.82) is 0 Å². The third-order valence-corrected chi connectivity index (χ3v) is 4.65. The van der Waals surface area contributed by atoms with Gasteiger partial charge in [-0.1, -0.05) is 35.3 Å². The highest BCUT2D eigenvalue weighted by Crippen LogP contribution is 2.37. The number of methoxy groups -OCH3 is 2. The lowest BCUT2D eigenvalue weighted by molar-refractivity contribution is -0.136. The van der Waals surface area contributed by atoms with Crippen LogP contribution in [0.15, 0.2) is 29.5 Å². The van der Waals surface area contributed by atoms with Gasteiger partial charge in [0.25, 0.3) is 0 Å². The van der Waals surface area contributed by atoms with E-state index in [1.165, 1.54) is 19.1 Å². The number of carbonyl (C=O) groups is 2. The number of benzene rings is 1. The Morgan fingerprint density at radius 2 is 2.04 bits per heavy atom. The number of hydrogen-bond donors (Lipinski definition) is 1. The molecule has 0 saturated carbocycles. The minimum absolute atomic E-state index is 0.281. The van der Waals surface area contributed by atoms with Gasteiger partial charge < -0.3 is 14.8 Å². The maximum atomic E-state index is 12.4. The summed E-state index contributed by atoms with van der Waals surface area (Å²) >= 11 is 12.3. The Kier molecular flexibility index (Phi) is 6.10. The van der Waals surface area contributed by atoms with Gasteiger partial charge in [0.15, 0.2) is 0 Å². The lowest BCUT2D eigenvalue weighted by Crippen LogP contribution is -2.49. The Hall–Kier alpha value is -1.76. The average Bonchev–Trinajstić information content (AvgIpc) is 2.56. The fraction of sp³-hybridized carbons (Fsp3) is 0.375. The lowest BCUT2D eigenvalue weighted by Gasteiger charge is -2.35. The summed E-state index contributed by atoms with van der Waals surface area (Å²) < 4.78 is 9.90. The fourth-order valence-corrected chi connectivity index (χ4v) is 3.00. The monoisotopic (exact) mass is 372 g/mol. The predicted molar refractivity (Wildman–Crippen MR) is 91.0 cm³/mol. The molecule has 0 fully saturated rings. The van der Waals surface area contributed by atoms with Crippen LogP contribution in [0.5, 0.6) is 0 Å². The standard InChI is InChI=1S/C16H18Cl2N2O4/c1-9-12(15(21)24-3)14(10-5-4-6-11(17)13(10)18)19-16(22)20(9)7-8-23-2/h4-6,14H,7-8H2,1-3H3,(H,19,22). The van der Waals surface area contributed by atoms with Crippen molar-refractivity contribution in [2.24, 2.45) is 0 Å². The minimum Gasteiger partial charge on any atom is -0.466 e. The Morgan fingerprint density at radius 3 is 2.67 bits per heavy atom. The molecular weight excluding hydrogens is 355 g/mol. The number of amides is 2. The summed E-state index contributed by atoms with van der Waals surface area (Å²) in [5.41, 5.74) is 1.32. The van der Waals surface area contributed by atoms with E-state index in [0.717, 1.165) is 0 Å². The van der Waals surface area contributed by atoms with Crippen molar-refractivity contribution < 1.29 is 19.1 Å². The third kappa shape index (κ3) is 3.50. The highest BCUT2D eigenvalue weighted by atomic mass is 35.5. The molecule has 0 aliphatic carbocycles. The maximum Gasteiger partial charge on any atom is 0.337 e. The highest BCUT2D eigenvalue weighted by molar-refractivity contribution is 6.42. The van der Waals surface area contributed by atoms with Gasteiger partial charge in [-0.05, 0) is 18.6 Å². The molecule has 1 aliphatic rings.